The van der Waals surface area contributed by atoms with Crippen LogP contribution < -0.4 is 10.1 Å². The summed E-state index contributed by atoms with van der Waals surface area (Å²) in [5, 5.41) is 3.21. The van der Waals surface area contributed by atoms with E-state index in [9.17, 15) is 13.6 Å². The molecule has 1 heterocycles. The first-order valence-corrected chi connectivity index (χ1v) is 8.84. The van der Waals surface area contributed by atoms with Crippen molar-refractivity contribution in [1.29, 1.82) is 0 Å². The Bertz CT molecular complexity index is 623. The van der Waals surface area contributed by atoms with Crippen LogP contribution in [0.2, 0.25) is 0 Å². The van der Waals surface area contributed by atoms with Crippen molar-refractivity contribution in [2.75, 3.05) is 26.2 Å². The molecule has 3 rings (SSSR count). The Morgan fingerprint density at radius 2 is 2.16 bits per heavy atom. The summed E-state index contributed by atoms with van der Waals surface area (Å²) in [4.78, 5) is 13.9. The fourth-order valence-corrected chi connectivity index (χ4v) is 2.89. The Labute approximate surface area is 146 Å². The molecule has 2 aliphatic rings. The van der Waals surface area contributed by atoms with Crippen molar-refractivity contribution in [3.63, 3.8) is 0 Å². The second-order valence-corrected chi connectivity index (χ2v) is 6.61. The highest BCUT2D eigenvalue weighted by atomic mass is 19.1. The van der Waals surface area contributed by atoms with Crippen LogP contribution in [-0.4, -0.2) is 43.3 Å². The first-order valence-electron chi connectivity index (χ1n) is 8.84. The number of benzene rings is 1. The van der Waals surface area contributed by atoms with E-state index in [1.54, 1.807) is 4.90 Å². The molecule has 1 saturated heterocycles. The second kappa shape index (κ2) is 7.99. The van der Waals surface area contributed by atoms with Crippen molar-refractivity contribution in [3.8, 4) is 5.75 Å². The first-order chi connectivity index (χ1) is 12.1. The fourth-order valence-electron chi connectivity index (χ4n) is 2.89. The molecule has 0 spiro atoms. The van der Waals surface area contributed by atoms with E-state index < -0.39 is 24.3 Å². The van der Waals surface area contributed by atoms with E-state index in [-0.39, 0.29) is 17.4 Å². The van der Waals surface area contributed by atoms with Gasteiger partial charge >= 0.3 is 6.09 Å². The average molecular weight is 354 g/mol. The summed E-state index contributed by atoms with van der Waals surface area (Å²) in [5.74, 6) is -1.06. The number of hydrogen-bond acceptors (Lipinski definition) is 4. The van der Waals surface area contributed by atoms with E-state index >= 15 is 0 Å². The molecule has 1 aliphatic heterocycles. The molecule has 1 N–H and O–H groups in total. The highest BCUT2D eigenvalue weighted by Crippen LogP contribution is 2.31. The summed E-state index contributed by atoms with van der Waals surface area (Å²) in [6.45, 7) is 3.86. The third-order valence-electron chi connectivity index (χ3n) is 4.72. The molecule has 25 heavy (non-hydrogen) atoms. The van der Waals surface area contributed by atoms with Crippen LogP contribution in [0.4, 0.5) is 13.6 Å². The van der Waals surface area contributed by atoms with Crippen LogP contribution in [0.25, 0.3) is 0 Å². The van der Waals surface area contributed by atoms with E-state index in [2.05, 4.69) is 5.32 Å². The van der Waals surface area contributed by atoms with Crippen molar-refractivity contribution >= 4 is 6.09 Å². The van der Waals surface area contributed by atoms with Gasteiger partial charge in [-0.25, -0.2) is 13.6 Å². The molecular formula is C18H24F2N2O3. The fraction of sp³-hybridized carbons (Fsp3) is 0.611. The van der Waals surface area contributed by atoms with Gasteiger partial charge in [-0.05, 0) is 37.3 Å². The highest BCUT2D eigenvalue weighted by Gasteiger charge is 2.27. The second-order valence-electron chi connectivity index (χ2n) is 6.61. The standard InChI is InChI=1S/C18H24F2N2O3/c1-2-13-9-21-7-8-22(13)18(23)25-11-14-15(19)5-6-16(17(14)20)24-10-12-3-4-12/h5-6,12-13,21H,2-4,7-11H2,1H3/t13-/m1/s1. The zero-order valence-electron chi connectivity index (χ0n) is 14.4. The maximum Gasteiger partial charge on any atom is 0.410 e. The lowest BCUT2D eigenvalue weighted by atomic mass is 10.1. The van der Waals surface area contributed by atoms with E-state index in [1.165, 1.54) is 6.07 Å². The van der Waals surface area contributed by atoms with Gasteiger partial charge in [0.1, 0.15) is 12.4 Å². The van der Waals surface area contributed by atoms with E-state index in [1.807, 2.05) is 6.92 Å². The first kappa shape index (κ1) is 17.9. The molecule has 1 aliphatic carbocycles. The predicted octanol–water partition coefficient (Wildman–Crippen LogP) is 3.07. The number of ether oxygens (including phenoxy) is 2. The van der Waals surface area contributed by atoms with Crippen LogP contribution >= 0.6 is 0 Å². The summed E-state index contributed by atoms with van der Waals surface area (Å²) in [6, 6.07) is 2.46. The van der Waals surface area contributed by atoms with Gasteiger partial charge in [0.05, 0.1) is 12.2 Å². The van der Waals surface area contributed by atoms with Crippen molar-refractivity contribution in [3.05, 3.63) is 29.3 Å². The van der Waals surface area contributed by atoms with Gasteiger partial charge in [-0.3, -0.25) is 0 Å². The van der Waals surface area contributed by atoms with Crippen LogP contribution in [-0.2, 0) is 11.3 Å². The monoisotopic (exact) mass is 354 g/mol. The molecule has 1 atom stereocenters. The molecule has 1 amide bonds. The third kappa shape index (κ3) is 4.39. The summed E-state index contributed by atoms with van der Waals surface area (Å²) in [6.07, 6.45) is 2.40. The van der Waals surface area contributed by atoms with Crippen molar-refractivity contribution in [2.45, 2.75) is 38.8 Å². The number of halogens is 2. The Morgan fingerprint density at radius 3 is 2.88 bits per heavy atom. The summed E-state index contributed by atoms with van der Waals surface area (Å²) >= 11 is 0. The SMILES string of the molecule is CC[C@@H]1CNCCN1C(=O)OCc1c(F)ccc(OCC2CC2)c1F. The van der Waals surface area contributed by atoms with E-state index in [0.717, 1.165) is 25.3 Å². The van der Waals surface area contributed by atoms with Gasteiger partial charge in [-0.1, -0.05) is 6.92 Å². The average Bonchev–Trinajstić information content (AvgIpc) is 3.45. The van der Waals surface area contributed by atoms with Crippen LogP contribution in [0.15, 0.2) is 12.1 Å². The molecule has 5 nitrogen and oxygen atoms in total. The zero-order chi connectivity index (χ0) is 17.8. The van der Waals surface area contributed by atoms with Crippen LogP contribution in [0, 0.1) is 17.6 Å². The number of nitrogens with one attached hydrogen (secondary N) is 1. The number of carbonyl (C=O) groups excluding carboxylic acids is 1. The predicted molar refractivity (Wildman–Crippen MR) is 88.4 cm³/mol. The summed E-state index contributed by atoms with van der Waals surface area (Å²) in [7, 11) is 0. The summed E-state index contributed by atoms with van der Waals surface area (Å²) < 4.78 is 39.0. The maximum absolute atomic E-state index is 14.5. The molecular weight excluding hydrogens is 330 g/mol. The largest absolute Gasteiger partial charge is 0.490 e. The molecule has 2 fully saturated rings. The molecule has 0 bridgehead atoms. The lowest BCUT2D eigenvalue weighted by Crippen LogP contribution is -2.53. The Balaban J connectivity index is 1.63. The van der Waals surface area contributed by atoms with Crippen molar-refractivity contribution < 1.29 is 23.0 Å². The third-order valence-corrected chi connectivity index (χ3v) is 4.72. The quantitative estimate of drug-likeness (QED) is 0.853. The van der Waals surface area contributed by atoms with E-state index in [0.29, 0.717) is 32.2 Å². The molecule has 7 heteroatoms. The number of amides is 1. The van der Waals surface area contributed by atoms with Crippen LogP contribution in [0.5, 0.6) is 5.75 Å². The van der Waals surface area contributed by atoms with Gasteiger partial charge in [-0.15, -0.1) is 0 Å². The van der Waals surface area contributed by atoms with Crippen LogP contribution in [0.3, 0.4) is 0 Å². The number of piperazine rings is 1. The van der Waals surface area contributed by atoms with Gasteiger partial charge in [0, 0.05) is 25.7 Å². The molecule has 1 saturated carbocycles. The van der Waals surface area contributed by atoms with Crippen molar-refractivity contribution in [1.82, 2.24) is 10.2 Å². The molecule has 1 aromatic rings. The number of rotatable bonds is 6. The lowest BCUT2D eigenvalue weighted by Gasteiger charge is -2.34. The minimum Gasteiger partial charge on any atom is -0.490 e. The van der Waals surface area contributed by atoms with Gasteiger partial charge in [-0.2, -0.15) is 0 Å². The molecule has 0 unspecified atom stereocenters. The van der Waals surface area contributed by atoms with Gasteiger partial charge in [0.2, 0.25) is 0 Å². The molecule has 0 aromatic heterocycles. The Kier molecular flexibility index (Phi) is 5.73. The minimum atomic E-state index is -0.791. The topological polar surface area (TPSA) is 50.8 Å². The lowest BCUT2D eigenvalue weighted by molar-refractivity contribution is 0.0697. The maximum atomic E-state index is 14.5. The Morgan fingerprint density at radius 1 is 1.36 bits per heavy atom. The van der Waals surface area contributed by atoms with Gasteiger partial charge in [0.15, 0.2) is 11.6 Å². The zero-order valence-corrected chi connectivity index (χ0v) is 14.4. The normalized spacial score (nSPS) is 20.4. The van der Waals surface area contributed by atoms with Gasteiger partial charge < -0.3 is 19.7 Å². The molecule has 0 radical (unpaired) electrons. The number of nitrogens with zero attached hydrogens (tertiary/aromatic N) is 1. The van der Waals surface area contributed by atoms with Crippen molar-refractivity contribution in [2.24, 2.45) is 5.92 Å². The van der Waals surface area contributed by atoms with Crippen LogP contribution in [0.1, 0.15) is 31.7 Å². The minimum absolute atomic E-state index is 0.00737. The van der Waals surface area contributed by atoms with Gasteiger partial charge in [0.25, 0.3) is 0 Å². The highest BCUT2D eigenvalue weighted by molar-refractivity contribution is 5.68. The Hall–Kier alpha value is -1.89. The molecule has 1 aromatic carbocycles. The smallest absolute Gasteiger partial charge is 0.410 e. The molecule has 138 valence electrons. The van der Waals surface area contributed by atoms with E-state index in [4.69, 9.17) is 9.47 Å². The number of carbonyl (C=O) groups is 1. The number of hydrogen-bond donors (Lipinski definition) is 1. The summed E-state index contributed by atoms with van der Waals surface area (Å²) in [5.41, 5.74) is -0.273.